The second-order valence-corrected chi connectivity index (χ2v) is 6.64. The summed E-state index contributed by atoms with van der Waals surface area (Å²) in [7, 11) is 0. The lowest BCUT2D eigenvalue weighted by atomic mass is 9.82. The highest BCUT2D eigenvalue weighted by Gasteiger charge is 2.35. The van der Waals surface area contributed by atoms with Gasteiger partial charge >= 0.3 is 0 Å². The van der Waals surface area contributed by atoms with E-state index in [-0.39, 0.29) is 5.41 Å². The highest BCUT2D eigenvalue weighted by atomic mass is 14.9. The second kappa shape index (κ2) is 4.88. The van der Waals surface area contributed by atoms with Crippen LogP contribution in [0.1, 0.15) is 25.0 Å². The number of benzene rings is 3. The van der Waals surface area contributed by atoms with Gasteiger partial charge in [0.1, 0.15) is 0 Å². The van der Waals surface area contributed by atoms with Crippen molar-refractivity contribution >= 4 is 17.1 Å². The zero-order valence-electron chi connectivity index (χ0n) is 13.4. The van der Waals surface area contributed by atoms with E-state index in [9.17, 15) is 0 Å². The predicted octanol–water partition coefficient (Wildman–Crippen LogP) is 5.32. The number of fused-ring (bicyclic) bond motifs is 3. The second-order valence-electron chi connectivity index (χ2n) is 6.64. The van der Waals surface area contributed by atoms with Crippen molar-refractivity contribution in [2.24, 2.45) is 0 Å². The molecular formula is C21H20N2. The van der Waals surface area contributed by atoms with Crippen molar-refractivity contribution in [2.75, 3.05) is 11.1 Å². The molecule has 1 aliphatic rings. The van der Waals surface area contributed by atoms with Gasteiger partial charge in [0.2, 0.25) is 0 Å². The van der Waals surface area contributed by atoms with E-state index in [0.29, 0.717) is 0 Å². The van der Waals surface area contributed by atoms with Gasteiger partial charge in [0.25, 0.3) is 0 Å². The van der Waals surface area contributed by atoms with Crippen molar-refractivity contribution in [2.45, 2.75) is 19.3 Å². The monoisotopic (exact) mass is 300 g/mol. The van der Waals surface area contributed by atoms with Gasteiger partial charge in [0, 0.05) is 11.1 Å². The molecule has 0 aromatic heterocycles. The first-order valence-electron chi connectivity index (χ1n) is 7.93. The van der Waals surface area contributed by atoms with Crippen LogP contribution in [0.5, 0.6) is 0 Å². The fraction of sp³-hybridized carbons (Fsp3) is 0.143. The Kier molecular flexibility index (Phi) is 2.95. The Labute approximate surface area is 137 Å². The number of nitrogens with two attached hydrogens (primary N) is 1. The first kappa shape index (κ1) is 13.9. The van der Waals surface area contributed by atoms with Crippen LogP contribution in [0.2, 0.25) is 0 Å². The van der Waals surface area contributed by atoms with Crippen LogP contribution in [0.25, 0.3) is 11.1 Å². The number of para-hydroxylation sites is 2. The Morgan fingerprint density at radius 2 is 1.48 bits per heavy atom. The van der Waals surface area contributed by atoms with Crippen molar-refractivity contribution in [3.63, 3.8) is 0 Å². The standard InChI is InChI=1S/C21H20N2/c1-21(2)17-8-4-3-7-15(17)16-12-11-14(13-18(16)21)23-20-10-6-5-9-19(20)22/h3-13,23H,22H2,1-2H3. The molecule has 0 radical (unpaired) electrons. The molecular weight excluding hydrogens is 280 g/mol. The molecule has 0 saturated heterocycles. The van der Waals surface area contributed by atoms with E-state index in [2.05, 4.69) is 61.6 Å². The highest BCUT2D eigenvalue weighted by molar-refractivity contribution is 5.83. The Hall–Kier alpha value is -2.74. The molecule has 3 aromatic carbocycles. The quantitative estimate of drug-likeness (QED) is 0.629. The molecule has 0 aliphatic heterocycles. The maximum absolute atomic E-state index is 6.04. The lowest BCUT2D eigenvalue weighted by molar-refractivity contribution is 0.660. The van der Waals surface area contributed by atoms with E-state index in [1.165, 1.54) is 22.3 Å². The third-order valence-electron chi connectivity index (χ3n) is 4.82. The number of hydrogen-bond donors (Lipinski definition) is 2. The summed E-state index contributed by atoms with van der Waals surface area (Å²) in [6.07, 6.45) is 0. The predicted molar refractivity (Wildman–Crippen MR) is 98.1 cm³/mol. The molecule has 0 spiro atoms. The molecule has 114 valence electrons. The van der Waals surface area contributed by atoms with Crippen LogP contribution in [-0.2, 0) is 5.41 Å². The summed E-state index contributed by atoms with van der Waals surface area (Å²) in [6.45, 7) is 4.58. The van der Waals surface area contributed by atoms with Gasteiger partial charge in [-0.15, -0.1) is 0 Å². The van der Waals surface area contributed by atoms with Gasteiger partial charge in [-0.05, 0) is 46.5 Å². The Balaban J connectivity index is 1.79. The summed E-state index contributed by atoms with van der Waals surface area (Å²) in [5.74, 6) is 0. The zero-order chi connectivity index (χ0) is 16.0. The number of rotatable bonds is 2. The number of hydrogen-bond acceptors (Lipinski definition) is 2. The number of anilines is 3. The molecule has 3 N–H and O–H groups in total. The maximum atomic E-state index is 6.04. The summed E-state index contributed by atoms with van der Waals surface area (Å²) in [5.41, 5.74) is 14.3. The number of nitrogen functional groups attached to an aromatic ring is 1. The molecule has 23 heavy (non-hydrogen) atoms. The van der Waals surface area contributed by atoms with E-state index >= 15 is 0 Å². The van der Waals surface area contributed by atoms with Crippen LogP contribution < -0.4 is 11.1 Å². The van der Waals surface area contributed by atoms with Crippen molar-refractivity contribution in [1.29, 1.82) is 0 Å². The van der Waals surface area contributed by atoms with Crippen LogP contribution in [-0.4, -0.2) is 0 Å². The van der Waals surface area contributed by atoms with Gasteiger partial charge in [0.15, 0.2) is 0 Å². The minimum atomic E-state index is 0.0197. The number of nitrogens with one attached hydrogen (secondary N) is 1. The Bertz CT molecular complexity index is 894. The summed E-state index contributed by atoms with van der Waals surface area (Å²) >= 11 is 0. The average molecular weight is 300 g/mol. The Morgan fingerprint density at radius 3 is 2.30 bits per heavy atom. The summed E-state index contributed by atoms with van der Waals surface area (Å²) in [6, 6.07) is 23.1. The molecule has 2 nitrogen and oxygen atoms in total. The fourth-order valence-corrected chi connectivity index (χ4v) is 3.55. The van der Waals surface area contributed by atoms with Gasteiger partial charge in [-0.3, -0.25) is 0 Å². The van der Waals surface area contributed by atoms with E-state index in [1.54, 1.807) is 0 Å². The van der Waals surface area contributed by atoms with E-state index in [1.807, 2.05) is 24.3 Å². The van der Waals surface area contributed by atoms with Gasteiger partial charge < -0.3 is 11.1 Å². The molecule has 1 aliphatic carbocycles. The van der Waals surface area contributed by atoms with Gasteiger partial charge in [-0.2, -0.15) is 0 Å². The van der Waals surface area contributed by atoms with E-state index in [4.69, 9.17) is 5.73 Å². The van der Waals surface area contributed by atoms with Crippen LogP contribution in [0.15, 0.2) is 66.7 Å². The molecule has 4 rings (SSSR count). The van der Waals surface area contributed by atoms with Gasteiger partial charge in [-0.1, -0.05) is 56.3 Å². The molecule has 0 amide bonds. The maximum Gasteiger partial charge on any atom is 0.0617 e. The summed E-state index contributed by atoms with van der Waals surface area (Å²) in [4.78, 5) is 0. The van der Waals surface area contributed by atoms with Crippen molar-refractivity contribution in [3.8, 4) is 11.1 Å². The molecule has 0 atom stereocenters. The van der Waals surface area contributed by atoms with Crippen molar-refractivity contribution < 1.29 is 0 Å². The summed E-state index contributed by atoms with van der Waals surface area (Å²) in [5, 5.41) is 3.44. The average Bonchev–Trinajstić information content (AvgIpc) is 2.78. The van der Waals surface area contributed by atoms with Crippen LogP contribution in [0, 0.1) is 0 Å². The molecule has 0 fully saturated rings. The molecule has 0 unspecified atom stereocenters. The zero-order valence-corrected chi connectivity index (χ0v) is 13.4. The van der Waals surface area contributed by atoms with Crippen LogP contribution in [0.3, 0.4) is 0 Å². The molecule has 0 heterocycles. The SMILES string of the molecule is CC1(C)c2ccccc2-c2ccc(Nc3ccccc3N)cc21. The van der Waals surface area contributed by atoms with E-state index in [0.717, 1.165) is 17.1 Å². The first-order valence-corrected chi connectivity index (χ1v) is 7.93. The first-order chi connectivity index (χ1) is 11.1. The van der Waals surface area contributed by atoms with Crippen LogP contribution >= 0.6 is 0 Å². The molecule has 2 heteroatoms. The largest absolute Gasteiger partial charge is 0.397 e. The minimum Gasteiger partial charge on any atom is -0.397 e. The smallest absolute Gasteiger partial charge is 0.0617 e. The third-order valence-corrected chi connectivity index (χ3v) is 4.82. The molecule has 0 bridgehead atoms. The third kappa shape index (κ3) is 2.10. The highest BCUT2D eigenvalue weighted by Crippen LogP contribution is 2.49. The summed E-state index contributed by atoms with van der Waals surface area (Å²) < 4.78 is 0. The lowest BCUT2D eigenvalue weighted by Gasteiger charge is -2.22. The lowest BCUT2D eigenvalue weighted by Crippen LogP contribution is -2.15. The van der Waals surface area contributed by atoms with Crippen LogP contribution in [0.4, 0.5) is 17.1 Å². The van der Waals surface area contributed by atoms with Gasteiger partial charge in [0.05, 0.1) is 11.4 Å². The van der Waals surface area contributed by atoms with E-state index < -0.39 is 0 Å². The van der Waals surface area contributed by atoms with Crippen molar-refractivity contribution in [1.82, 2.24) is 0 Å². The van der Waals surface area contributed by atoms with Crippen molar-refractivity contribution in [3.05, 3.63) is 77.9 Å². The topological polar surface area (TPSA) is 38.0 Å². The molecule has 3 aromatic rings. The molecule has 0 saturated carbocycles. The Morgan fingerprint density at radius 1 is 0.783 bits per heavy atom. The normalized spacial score (nSPS) is 14.2. The fourth-order valence-electron chi connectivity index (χ4n) is 3.55. The minimum absolute atomic E-state index is 0.0197. The van der Waals surface area contributed by atoms with Gasteiger partial charge in [-0.25, -0.2) is 0 Å².